The Morgan fingerprint density at radius 2 is 2.00 bits per heavy atom. The second kappa shape index (κ2) is 6.28. The molecule has 1 aliphatic heterocycles. The van der Waals surface area contributed by atoms with E-state index in [1.54, 1.807) is 30.3 Å². The van der Waals surface area contributed by atoms with Crippen molar-refractivity contribution in [3.8, 4) is 0 Å². The molecule has 2 atom stereocenters. The molecule has 10 heteroatoms. The summed E-state index contributed by atoms with van der Waals surface area (Å²) in [5, 5.41) is 2.07. The van der Waals surface area contributed by atoms with Crippen LogP contribution in [-0.2, 0) is 26.4 Å². The van der Waals surface area contributed by atoms with Gasteiger partial charge in [0, 0.05) is 0 Å². The van der Waals surface area contributed by atoms with E-state index in [2.05, 4.69) is 5.32 Å². The summed E-state index contributed by atoms with van der Waals surface area (Å²) >= 11 is 0. The molecule has 2 amide bonds. The van der Waals surface area contributed by atoms with Gasteiger partial charge in [0.25, 0.3) is 5.91 Å². The molecule has 0 spiro atoms. The van der Waals surface area contributed by atoms with Crippen LogP contribution >= 0.6 is 0 Å². The Labute approximate surface area is 125 Å². The number of ether oxygens (including phenoxy) is 1. The number of β-lactam (4-membered cyclic amide) rings is 1. The summed E-state index contributed by atoms with van der Waals surface area (Å²) in [5.74, 6) is -1.12. The van der Waals surface area contributed by atoms with Crippen molar-refractivity contribution in [3.63, 3.8) is 0 Å². The van der Waals surface area contributed by atoms with Gasteiger partial charge in [-0.2, -0.15) is 8.42 Å². The first-order chi connectivity index (χ1) is 10.3. The topological polar surface area (TPSA) is 113 Å². The number of rotatable bonds is 5. The van der Waals surface area contributed by atoms with Gasteiger partial charge < -0.3 is 10.1 Å². The molecule has 22 heavy (non-hydrogen) atoms. The first-order valence-electron chi connectivity index (χ1n) is 6.18. The first-order valence-corrected chi connectivity index (χ1v) is 7.58. The zero-order valence-corrected chi connectivity index (χ0v) is 12.0. The molecule has 120 valence electrons. The van der Waals surface area contributed by atoms with Crippen LogP contribution in [0.4, 0.5) is 9.18 Å². The Bertz CT molecular complexity index is 665. The number of benzene rings is 1. The van der Waals surface area contributed by atoms with Gasteiger partial charge in [0.2, 0.25) is 0 Å². The third-order valence-corrected chi connectivity index (χ3v) is 4.01. The lowest BCUT2D eigenvalue weighted by Gasteiger charge is -2.42. The predicted molar refractivity (Wildman–Crippen MR) is 71.7 cm³/mol. The quantitative estimate of drug-likeness (QED) is 0.591. The van der Waals surface area contributed by atoms with Crippen LogP contribution in [0.3, 0.4) is 0 Å². The zero-order chi connectivity index (χ0) is 16.3. The highest BCUT2D eigenvalue weighted by atomic mass is 32.2. The standard InChI is InChI=1S/C12H13FN2O6S/c13-6-9-10(11(16)15(9)22(18,19)20)14-12(17)21-7-8-4-2-1-3-5-8/h1-5,9-10H,6-7H2,(H,14,17)(H,18,19,20). The van der Waals surface area contributed by atoms with E-state index in [1.165, 1.54) is 0 Å². The van der Waals surface area contributed by atoms with Gasteiger partial charge >= 0.3 is 16.4 Å². The van der Waals surface area contributed by atoms with Crippen molar-refractivity contribution in [2.75, 3.05) is 6.67 Å². The maximum Gasteiger partial charge on any atom is 0.408 e. The number of carbonyl (C=O) groups is 2. The maximum absolute atomic E-state index is 12.8. The van der Waals surface area contributed by atoms with Gasteiger partial charge in [-0.3, -0.25) is 9.35 Å². The number of alkyl carbamates (subject to hydrolysis) is 1. The number of halogens is 1. The van der Waals surface area contributed by atoms with Gasteiger partial charge in [-0.15, -0.1) is 0 Å². The van der Waals surface area contributed by atoms with Crippen molar-refractivity contribution in [3.05, 3.63) is 35.9 Å². The summed E-state index contributed by atoms with van der Waals surface area (Å²) < 4.78 is 48.2. The number of hydrogen-bond acceptors (Lipinski definition) is 5. The van der Waals surface area contributed by atoms with E-state index in [4.69, 9.17) is 9.29 Å². The molecule has 2 unspecified atom stereocenters. The van der Waals surface area contributed by atoms with Crippen LogP contribution in [0, 0.1) is 0 Å². The molecule has 2 N–H and O–H groups in total. The van der Waals surface area contributed by atoms with Crippen molar-refractivity contribution in [2.45, 2.75) is 18.7 Å². The van der Waals surface area contributed by atoms with Crippen molar-refractivity contribution in [2.24, 2.45) is 0 Å². The lowest BCUT2D eigenvalue weighted by molar-refractivity contribution is -0.143. The van der Waals surface area contributed by atoms with Gasteiger partial charge in [0.05, 0.1) is 0 Å². The average molecular weight is 332 g/mol. The van der Waals surface area contributed by atoms with Crippen LogP contribution in [-0.4, -0.2) is 48.0 Å². The highest BCUT2D eigenvalue weighted by Crippen LogP contribution is 2.24. The summed E-state index contributed by atoms with van der Waals surface area (Å²) in [5.41, 5.74) is 0.708. The highest BCUT2D eigenvalue weighted by Gasteiger charge is 2.54. The fourth-order valence-electron chi connectivity index (χ4n) is 2.00. The smallest absolute Gasteiger partial charge is 0.408 e. The van der Waals surface area contributed by atoms with E-state index in [0.29, 0.717) is 5.56 Å². The molecular weight excluding hydrogens is 319 g/mol. The number of alkyl halides is 1. The molecule has 1 fully saturated rings. The zero-order valence-electron chi connectivity index (χ0n) is 11.2. The molecular formula is C12H13FN2O6S. The Hall–Kier alpha value is -2.20. The lowest BCUT2D eigenvalue weighted by Crippen LogP contribution is -2.72. The minimum absolute atomic E-state index is 0.0187. The Morgan fingerprint density at radius 3 is 2.55 bits per heavy atom. The first kappa shape index (κ1) is 16.2. The van der Waals surface area contributed by atoms with Crippen molar-refractivity contribution in [1.29, 1.82) is 0 Å². The number of amides is 2. The second-order valence-electron chi connectivity index (χ2n) is 4.52. The number of hydrogen-bond donors (Lipinski definition) is 2. The van der Waals surface area contributed by atoms with Crippen molar-refractivity contribution < 1.29 is 31.7 Å². The highest BCUT2D eigenvalue weighted by molar-refractivity contribution is 7.84. The number of carbonyl (C=O) groups excluding carboxylic acids is 2. The van der Waals surface area contributed by atoms with E-state index in [0.717, 1.165) is 0 Å². The SMILES string of the molecule is O=C(NC1C(=O)N(S(=O)(=O)O)C1CF)OCc1ccccc1. The molecule has 1 saturated heterocycles. The molecule has 0 radical (unpaired) electrons. The van der Waals surface area contributed by atoms with Gasteiger partial charge in [-0.1, -0.05) is 30.3 Å². The van der Waals surface area contributed by atoms with E-state index >= 15 is 0 Å². The molecule has 1 aliphatic rings. The number of nitrogens with zero attached hydrogens (tertiary/aromatic N) is 1. The van der Waals surface area contributed by atoms with Gasteiger partial charge in [-0.25, -0.2) is 13.5 Å². The maximum atomic E-state index is 12.8. The van der Waals surface area contributed by atoms with Crippen LogP contribution in [0.15, 0.2) is 30.3 Å². The molecule has 0 aliphatic carbocycles. The number of nitrogens with one attached hydrogen (secondary N) is 1. The van der Waals surface area contributed by atoms with Gasteiger partial charge in [0.15, 0.2) is 0 Å². The third kappa shape index (κ3) is 3.34. The van der Waals surface area contributed by atoms with Crippen molar-refractivity contribution in [1.82, 2.24) is 9.62 Å². The van der Waals surface area contributed by atoms with Gasteiger partial charge in [0.1, 0.15) is 25.4 Å². The molecule has 0 bridgehead atoms. The van der Waals surface area contributed by atoms with Crippen LogP contribution in [0.1, 0.15) is 5.56 Å². The molecule has 1 aromatic carbocycles. The minimum Gasteiger partial charge on any atom is -0.445 e. The molecule has 0 saturated carbocycles. The van der Waals surface area contributed by atoms with E-state index in [9.17, 15) is 22.4 Å². The van der Waals surface area contributed by atoms with Crippen molar-refractivity contribution >= 4 is 22.3 Å². The summed E-state index contributed by atoms with van der Waals surface area (Å²) in [6.45, 7) is -1.30. The normalized spacial score (nSPS) is 21.2. The summed E-state index contributed by atoms with van der Waals surface area (Å²) in [4.78, 5) is 23.1. The third-order valence-electron chi connectivity index (χ3n) is 3.06. The average Bonchev–Trinajstić information content (AvgIpc) is 2.47. The Balaban J connectivity index is 1.91. The van der Waals surface area contributed by atoms with Crippen LogP contribution in [0.25, 0.3) is 0 Å². The minimum atomic E-state index is -4.85. The summed E-state index contributed by atoms with van der Waals surface area (Å²) in [6, 6.07) is 5.83. The van der Waals surface area contributed by atoms with Gasteiger partial charge in [-0.05, 0) is 5.56 Å². The lowest BCUT2D eigenvalue weighted by atomic mass is 10.0. The molecule has 8 nitrogen and oxygen atoms in total. The monoisotopic (exact) mass is 332 g/mol. The fourth-order valence-corrected chi connectivity index (χ4v) is 2.87. The molecule has 0 aromatic heterocycles. The van der Waals surface area contributed by atoms with Crippen LogP contribution < -0.4 is 5.32 Å². The van der Waals surface area contributed by atoms with E-state index in [1.807, 2.05) is 0 Å². The Kier molecular flexibility index (Phi) is 4.62. The van der Waals surface area contributed by atoms with E-state index < -0.39 is 41.1 Å². The predicted octanol–water partition coefficient (Wildman–Crippen LogP) is 0.265. The van der Waals surface area contributed by atoms with E-state index in [-0.39, 0.29) is 10.9 Å². The molecule has 1 heterocycles. The summed E-state index contributed by atoms with van der Waals surface area (Å²) in [7, 11) is -4.85. The van der Waals surface area contributed by atoms with Crippen LogP contribution in [0.5, 0.6) is 0 Å². The fraction of sp³-hybridized carbons (Fsp3) is 0.333. The summed E-state index contributed by atoms with van der Waals surface area (Å²) in [6.07, 6.45) is -0.990. The van der Waals surface area contributed by atoms with Crippen LogP contribution in [0.2, 0.25) is 0 Å². The molecule has 2 rings (SSSR count). The second-order valence-corrected chi connectivity index (χ2v) is 5.81. The molecule has 1 aromatic rings. The largest absolute Gasteiger partial charge is 0.445 e. The Morgan fingerprint density at radius 1 is 1.36 bits per heavy atom.